The second kappa shape index (κ2) is 8.54. The van der Waals surface area contributed by atoms with Crippen LogP contribution >= 0.6 is 11.6 Å². The Labute approximate surface area is 182 Å². The van der Waals surface area contributed by atoms with Gasteiger partial charge in [0, 0.05) is 18.3 Å². The van der Waals surface area contributed by atoms with Gasteiger partial charge >= 0.3 is 6.09 Å². The Morgan fingerprint density at radius 2 is 2.06 bits per heavy atom. The molecule has 0 aliphatic heterocycles. The van der Waals surface area contributed by atoms with Crippen molar-refractivity contribution in [2.75, 3.05) is 0 Å². The van der Waals surface area contributed by atoms with Crippen molar-refractivity contribution in [1.29, 1.82) is 0 Å². The summed E-state index contributed by atoms with van der Waals surface area (Å²) in [6.07, 6.45) is 6.05. The number of halogens is 2. The number of imidazole rings is 1. The van der Waals surface area contributed by atoms with Crippen molar-refractivity contribution >= 4 is 34.7 Å². The molecule has 4 rings (SSSR count). The van der Waals surface area contributed by atoms with Crippen LogP contribution in [-0.2, 0) is 6.54 Å². The number of aromatic nitrogens is 5. The van der Waals surface area contributed by atoms with Crippen molar-refractivity contribution < 1.29 is 14.3 Å². The minimum absolute atomic E-state index is 0.0933. The number of aliphatic imine (C=N–C) groups is 1. The average molecular weight is 446 g/mol. The molecule has 1 amide bonds. The fraction of sp³-hybridized carbons (Fsp3) is 0.400. The number of pyridine rings is 1. The third kappa shape index (κ3) is 4.34. The molecule has 162 valence electrons. The highest BCUT2D eigenvalue weighted by molar-refractivity contribution is 6.29. The van der Waals surface area contributed by atoms with E-state index in [1.807, 2.05) is 4.57 Å². The maximum Gasteiger partial charge on any atom is 0.433 e. The molecule has 9 nitrogen and oxygen atoms in total. The maximum absolute atomic E-state index is 14.9. The van der Waals surface area contributed by atoms with E-state index in [4.69, 9.17) is 22.4 Å². The van der Waals surface area contributed by atoms with Crippen LogP contribution in [0.1, 0.15) is 38.4 Å². The van der Waals surface area contributed by atoms with Crippen molar-refractivity contribution in [1.82, 2.24) is 24.5 Å². The normalized spacial score (nSPS) is 19.6. The predicted molar refractivity (Wildman–Crippen MR) is 113 cm³/mol. The monoisotopic (exact) mass is 445 g/mol. The van der Waals surface area contributed by atoms with Crippen LogP contribution in [0.15, 0.2) is 23.6 Å². The van der Waals surface area contributed by atoms with Crippen molar-refractivity contribution in [2.24, 2.45) is 22.6 Å². The molecule has 3 N–H and O–H groups in total. The number of fused-ring (bicyclic) bond motifs is 1. The molecule has 0 radical (unpaired) electrons. The zero-order valence-corrected chi connectivity index (χ0v) is 17.6. The van der Waals surface area contributed by atoms with Crippen LogP contribution in [0.2, 0.25) is 5.15 Å². The molecule has 3 aromatic rings. The summed E-state index contributed by atoms with van der Waals surface area (Å²) in [5, 5.41) is 8.60. The van der Waals surface area contributed by atoms with Crippen LogP contribution in [0.4, 0.5) is 9.18 Å². The van der Waals surface area contributed by atoms with Crippen molar-refractivity contribution in [3.8, 4) is 11.3 Å². The Morgan fingerprint density at radius 3 is 2.77 bits per heavy atom. The van der Waals surface area contributed by atoms with Crippen LogP contribution in [-0.4, -0.2) is 41.5 Å². The fourth-order valence-electron chi connectivity index (χ4n) is 3.96. The first-order valence-electron chi connectivity index (χ1n) is 9.94. The molecule has 1 aliphatic rings. The molecule has 11 heteroatoms. The molecule has 1 saturated carbocycles. The zero-order chi connectivity index (χ0) is 22.1. The van der Waals surface area contributed by atoms with E-state index in [1.165, 1.54) is 25.1 Å². The number of hydrogen-bond donors (Lipinski definition) is 2. The van der Waals surface area contributed by atoms with Gasteiger partial charge in [-0.3, -0.25) is 0 Å². The van der Waals surface area contributed by atoms with Crippen LogP contribution < -0.4 is 5.73 Å². The van der Waals surface area contributed by atoms with Crippen LogP contribution in [0.5, 0.6) is 0 Å². The molecule has 1 aliphatic carbocycles. The first-order valence-corrected chi connectivity index (χ1v) is 10.3. The summed E-state index contributed by atoms with van der Waals surface area (Å²) in [5.41, 5.74) is 6.83. The number of nitrogens with two attached hydrogens (primary N) is 1. The molecule has 1 fully saturated rings. The number of carbonyl (C=O) groups is 1. The summed E-state index contributed by atoms with van der Waals surface area (Å²) >= 11 is 5.89. The zero-order valence-electron chi connectivity index (χ0n) is 16.8. The Bertz CT molecular complexity index is 1170. The molecule has 3 aromatic heterocycles. The number of carboxylic acid groups (broad SMARTS) is 1. The quantitative estimate of drug-likeness (QED) is 0.353. The molecule has 0 aromatic carbocycles. The molecular weight excluding hydrogens is 425 g/mol. The van der Waals surface area contributed by atoms with Gasteiger partial charge < -0.3 is 15.4 Å². The van der Waals surface area contributed by atoms with Gasteiger partial charge in [-0.15, -0.1) is 0 Å². The summed E-state index contributed by atoms with van der Waals surface area (Å²) in [6.45, 7) is 2.95. The Morgan fingerprint density at radius 1 is 1.32 bits per heavy atom. The van der Waals surface area contributed by atoms with Crippen LogP contribution in [0.3, 0.4) is 0 Å². The third-order valence-electron chi connectivity index (χ3n) is 5.61. The minimum atomic E-state index is -1.49. The lowest BCUT2D eigenvalue weighted by atomic mass is 9.83. The van der Waals surface area contributed by atoms with E-state index in [9.17, 15) is 9.18 Å². The summed E-state index contributed by atoms with van der Waals surface area (Å²) in [7, 11) is 0. The largest absolute Gasteiger partial charge is 0.463 e. The minimum Gasteiger partial charge on any atom is -0.463 e. The Kier molecular flexibility index (Phi) is 5.81. The molecule has 31 heavy (non-hydrogen) atoms. The Hall–Kier alpha value is -3.14. The predicted octanol–water partition coefficient (Wildman–Crippen LogP) is 3.89. The van der Waals surface area contributed by atoms with Gasteiger partial charge in [0.15, 0.2) is 28.3 Å². The molecule has 0 spiro atoms. The Balaban J connectivity index is 1.86. The van der Waals surface area contributed by atoms with E-state index in [-0.39, 0.29) is 27.9 Å². The van der Waals surface area contributed by atoms with Crippen molar-refractivity contribution in [3.63, 3.8) is 0 Å². The van der Waals surface area contributed by atoms with E-state index in [0.717, 1.165) is 18.8 Å². The van der Waals surface area contributed by atoms with Crippen LogP contribution in [0.25, 0.3) is 22.4 Å². The number of hydrogen-bond acceptors (Lipinski definition) is 5. The first kappa shape index (κ1) is 21.1. The second-order valence-corrected chi connectivity index (χ2v) is 8.19. The molecule has 0 atom stereocenters. The van der Waals surface area contributed by atoms with Gasteiger partial charge in [-0.25, -0.2) is 29.1 Å². The van der Waals surface area contributed by atoms with Crippen molar-refractivity contribution in [3.05, 3.63) is 35.4 Å². The number of amidine groups is 1. The van der Waals surface area contributed by atoms with Gasteiger partial charge in [0.2, 0.25) is 0 Å². The summed E-state index contributed by atoms with van der Waals surface area (Å²) < 4.78 is 16.8. The standard InChI is InChI=1S/C20H21ClFN7O2/c1-10-2-4-11(5-3-10)8-29-9-25-18-15(29)14(12-6-7-24-16(21)13(12)22)26-19(28-18)17(23)27-20(30)31/h6-7,9-11H,2-5,8H2,1H3,(H2,23,27)(H,30,31). The van der Waals surface area contributed by atoms with Gasteiger partial charge in [0.25, 0.3) is 0 Å². The molecular formula is C20H21ClFN7O2. The van der Waals surface area contributed by atoms with E-state index in [0.29, 0.717) is 18.0 Å². The summed E-state index contributed by atoms with van der Waals surface area (Å²) in [5.74, 6) is -0.128. The molecule has 0 bridgehead atoms. The lowest BCUT2D eigenvalue weighted by Gasteiger charge is -2.26. The lowest BCUT2D eigenvalue weighted by molar-refractivity contribution is 0.205. The SMILES string of the molecule is CC1CCC(Cn2cnc3nc(C(N)=NC(=O)O)nc(-c4ccnc(Cl)c4F)c32)CC1. The van der Waals surface area contributed by atoms with E-state index in [1.54, 1.807) is 6.33 Å². The maximum atomic E-state index is 14.9. The first-order chi connectivity index (χ1) is 14.8. The van der Waals surface area contributed by atoms with Gasteiger partial charge in [0.05, 0.1) is 6.33 Å². The molecule has 0 unspecified atom stereocenters. The highest BCUT2D eigenvalue weighted by Gasteiger charge is 2.24. The average Bonchev–Trinajstić information content (AvgIpc) is 3.13. The fourth-order valence-corrected chi connectivity index (χ4v) is 4.12. The van der Waals surface area contributed by atoms with E-state index < -0.39 is 17.7 Å². The van der Waals surface area contributed by atoms with Gasteiger partial charge in [-0.05, 0) is 30.7 Å². The van der Waals surface area contributed by atoms with Gasteiger partial charge in [0.1, 0.15) is 11.2 Å². The highest BCUT2D eigenvalue weighted by Crippen LogP contribution is 2.33. The smallest absolute Gasteiger partial charge is 0.433 e. The van der Waals surface area contributed by atoms with Crippen LogP contribution in [0, 0.1) is 17.7 Å². The van der Waals surface area contributed by atoms with Crippen molar-refractivity contribution in [2.45, 2.75) is 39.2 Å². The number of nitrogens with zero attached hydrogens (tertiary/aromatic N) is 6. The van der Waals surface area contributed by atoms with Gasteiger partial charge in [-0.1, -0.05) is 31.4 Å². The lowest BCUT2D eigenvalue weighted by Crippen LogP contribution is -2.20. The third-order valence-corrected chi connectivity index (χ3v) is 5.87. The van der Waals surface area contributed by atoms with E-state index >= 15 is 0 Å². The summed E-state index contributed by atoms with van der Waals surface area (Å²) in [6, 6.07) is 1.44. The number of rotatable bonds is 4. The number of amides is 1. The molecule has 0 saturated heterocycles. The topological polar surface area (TPSA) is 132 Å². The second-order valence-electron chi connectivity index (χ2n) is 7.83. The van der Waals surface area contributed by atoms with Gasteiger partial charge in [-0.2, -0.15) is 4.99 Å². The highest BCUT2D eigenvalue weighted by atomic mass is 35.5. The summed E-state index contributed by atoms with van der Waals surface area (Å²) in [4.78, 5) is 30.9. The van der Waals surface area contributed by atoms with E-state index in [2.05, 4.69) is 31.9 Å². The molecule has 3 heterocycles.